The van der Waals surface area contributed by atoms with Crippen LogP contribution in [-0.2, 0) is 13.1 Å². The van der Waals surface area contributed by atoms with Gasteiger partial charge < -0.3 is 19.1 Å². The van der Waals surface area contributed by atoms with E-state index in [-0.39, 0.29) is 0 Å². The molecule has 0 N–H and O–H groups in total. The van der Waals surface area contributed by atoms with Crippen LogP contribution in [0.15, 0.2) is 60.7 Å². The molecule has 1 fully saturated rings. The van der Waals surface area contributed by atoms with Gasteiger partial charge in [0.15, 0.2) is 11.5 Å². The molecule has 6 nitrogen and oxygen atoms in total. The molecule has 0 aromatic heterocycles. The molecule has 0 atom stereocenters. The molecule has 3 aromatic rings. The first-order chi connectivity index (χ1) is 17.0. The SMILES string of the molecule is COc1ccc(CN2CCN(Cc3cccc(-c4ccc(N(C)C)cc4)c3)CC2)c(OC)c1OC. The van der Waals surface area contributed by atoms with Crippen LogP contribution in [0.25, 0.3) is 11.1 Å². The lowest BCUT2D eigenvalue weighted by atomic mass is 10.0. The topological polar surface area (TPSA) is 37.4 Å². The van der Waals surface area contributed by atoms with E-state index in [1.807, 2.05) is 6.07 Å². The summed E-state index contributed by atoms with van der Waals surface area (Å²) in [5, 5.41) is 0. The second kappa shape index (κ2) is 11.5. The molecule has 1 aliphatic heterocycles. The number of benzene rings is 3. The number of rotatable bonds is 9. The first-order valence-corrected chi connectivity index (χ1v) is 12.1. The van der Waals surface area contributed by atoms with Crippen LogP contribution in [0.4, 0.5) is 5.69 Å². The third kappa shape index (κ3) is 5.89. The highest BCUT2D eigenvalue weighted by Crippen LogP contribution is 2.40. The van der Waals surface area contributed by atoms with E-state index in [0.717, 1.165) is 50.6 Å². The van der Waals surface area contributed by atoms with E-state index in [1.165, 1.54) is 22.4 Å². The van der Waals surface area contributed by atoms with Crippen LogP contribution in [0.5, 0.6) is 17.2 Å². The maximum absolute atomic E-state index is 5.67. The van der Waals surface area contributed by atoms with Gasteiger partial charge in [-0.3, -0.25) is 9.80 Å². The predicted octanol–water partition coefficient (Wildman–Crippen LogP) is 4.76. The Morgan fingerprint density at radius 1 is 0.686 bits per heavy atom. The molecule has 0 aliphatic carbocycles. The van der Waals surface area contributed by atoms with E-state index < -0.39 is 0 Å². The molecule has 6 heteroatoms. The zero-order valence-electron chi connectivity index (χ0n) is 21.6. The van der Waals surface area contributed by atoms with Crippen LogP contribution in [0.1, 0.15) is 11.1 Å². The molecule has 0 radical (unpaired) electrons. The Morgan fingerprint density at radius 2 is 1.34 bits per heavy atom. The summed E-state index contributed by atoms with van der Waals surface area (Å²) < 4.78 is 16.6. The molecule has 3 aromatic carbocycles. The van der Waals surface area contributed by atoms with Crippen molar-refractivity contribution in [2.45, 2.75) is 13.1 Å². The van der Waals surface area contributed by atoms with Gasteiger partial charge in [0.05, 0.1) is 21.3 Å². The maximum Gasteiger partial charge on any atom is 0.203 e. The standard InChI is InChI=1S/C29H37N3O3/c1-30(2)26-12-9-23(10-13-26)24-8-6-7-22(19-24)20-31-15-17-32(18-16-31)21-25-11-14-27(33-3)29(35-5)28(25)34-4/h6-14,19H,15-18,20-21H2,1-5H3. The first-order valence-electron chi connectivity index (χ1n) is 12.1. The molecule has 35 heavy (non-hydrogen) atoms. The van der Waals surface area contributed by atoms with Gasteiger partial charge in [-0.05, 0) is 41.0 Å². The average Bonchev–Trinajstić information content (AvgIpc) is 2.89. The van der Waals surface area contributed by atoms with Gasteiger partial charge in [0.2, 0.25) is 5.75 Å². The number of methoxy groups -OCH3 is 3. The quantitative estimate of drug-likeness (QED) is 0.444. The fourth-order valence-corrected chi connectivity index (χ4v) is 4.69. The number of hydrogen-bond acceptors (Lipinski definition) is 6. The van der Waals surface area contributed by atoms with Gasteiger partial charge in [0, 0.05) is 64.6 Å². The fraction of sp³-hybridized carbons (Fsp3) is 0.379. The van der Waals surface area contributed by atoms with Crippen molar-refractivity contribution in [3.05, 3.63) is 71.8 Å². The van der Waals surface area contributed by atoms with Crippen LogP contribution in [-0.4, -0.2) is 71.4 Å². The Hall–Kier alpha value is -3.22. The zero-order chi connectivity index (χ0) is 24.8. The Morgan fingerprint density at radius 3 is 1.94 bits per heavy atom. The third-order valence-corrected chi connectivity index (χ3v) is 6.69. The van der Waals surface area contributed by atoms with Crippen molar-refractivity contribution in [3.63, 3.8) is 0 Å². The average molecular weight is 476 g/mol. The second-order valence-electron chi connectivity index (χ2n) is 9.19. The zero-order valence-corrected chi connectivity index (χ0v) is 21.6. The van der Waals surface area contributed by atoms with Gasteiger partial charge in [-0.25, -0.2) is 0 Å². The minimum atomic E-state index is 0.655. The summed E-state index contributed by atoms with van der Waals surface area (Å²) >= 11 is 0. The summed E-state index contributed by atoms with van der Waals surface area (Å²) in [5.74, 6) is 2.10. The van der Waals surface area contributed by atoms with Crippen LogP contribution in [0, 0.1) is 0 Å². The fourth-order valence-electron chi connectivity index (χ4n) is 4.69. The summed E-state index contributed by atoms with van der Waals surface area (Å²) in [7, 11) is 9.12. The van der Waals surface area contributed by atoms with E-state index in [0.29, 0.717) is 11.5 Å². The van der Waals surface area contributed by atoms with Crippen LogP contribution in [0.2, 0.25) is 0 Å². The van der Waals surface area contributed by atoms with Crippen molar-refractivity contribution in [2.24, 2.45) is 0 Å². The molecular weight excluding hydrogens is 438 g/mol. The predicted molar refractivity (Wildman–Crippen MR) is 143 cm³/mol. The van der Waals surface area contributed by atoms with Crippen molar-refractivity contribution in [2.75, 3.05) is 66.5 Å². The van der Waals surface area contributed by atoms with Gasteiger partial charge in [-0.1, -0.05) is 36.4 Å². The smallest absolute Gasteiger partial charge is 0.203 e. The molecular formula is C29H37N3O3. The van der Waals surface area contributed by atoms with E-state index in [4.69, 9.17) is 14.2 Å². The van der Waals surface area contributed by atoms with Crippen molar-refractivity contribution in [3.8, 4) is 28.4 Å². The Labute approximate surface area is 209 Å². The van der Waals surface area contributed by atoms with Crippen molar-refractivity contribution < 1.29 is 14.2 Å². The molecule has 0 bridgehead atoms. The lowest BCUT2D eigenvalue weighted by Gasteiger charge is -2.35. The minimum Gasteiger partial charge on any atom is -0.493 e. The van der Waals surface area contributed by atoms with E-state index in [1.54, 1.807) is 21.3 Å². The van der Waals surface area contributed by atoms with Gasteiger partial charge in [-0.15, -0.1) is 0 Å². The lowest BCUT2D eigenvalue weighted by molar-refractivity contribution is 0.121. The Kier molecular flexibility index (Phi) is 8.16. The molecule has 0 unspecified atom stereocenters. The molecule has 1 aliphatic rings. The molecule has 186 valence electrons. The number of piperazine rings is 1. The summed E-state index contributed by atoms with van der Waals surface area (Å²) in [4.78, 5) is 7.14. The van der Waals surface area contributed by atoms with Gasteiger partial charge >= 0.3 is 0 Å². The largest absolute Gasteiger partial charge is 0.493 e. The molecule has 4 rings (SSSR count). The van der Waals surface area contributed by atoms with Gasteiger partial charge in [-0.2, -0.15) is 0 Å². The van der Waals surface area contributed by atoms with Gasteiger partial charge in [0.25, 0.3) is 0 Å². The highest BCUT2D eigenvalue weighted by atomic mass is 16.5. The molecule has 1 heterocycles. The van der Waals surface area contributed by atoms with Crippen LogP contribution in [0.3, 0.4) is 0 Å². The number of hydrogen-bond donors (Lipinski definition) is 0. The molecule has 0 amide bonds. The summed E-state index contributed by atoms with van der Waals surface area (Å²) in [5.41, 5.74) is 6.22. The molecule has 1 saturated heterocycles. The van der Waals surface area contributed by atoms with E-state index >= 15 is 0 Å². The number of nitrogens with zero attached hydrogens (tertiary/aromatic N) is 3. The van der Waals surface area contributed by atoms with Crippen molar-refractivity contribution in [1.29, 1.82) is 0 Å². The summed E-state index contributed by atoms with van der Waals surface area (Å²) in [6, 6.07) is 21.7. The third-order valence-electron chi connectivity index (χ3n) is 6.69. The monoisotopic (exact) mass is 475 g/mol. The number of ether oxygens (including phenoxy) is 3. The first kappa shape index (κ1) is 24.9. The van der Waals surface area contributed by atoms with Crippen LogP contribution < -0.4 is 19.1 Å². The second-order valence-corrected chi connectivity index (χ2v) is 9.19. The highest BCUT2D eigenvalue weighted by molar-refractivity contribution is 5.67. The maximum atomic E-state index is 5.67. The Balaban J connectivity index is 1.36. The highest BCUT2D eigenvalue weighted by Gasteiger charge is 2.21. The molecule has 0 spiro atoms. The van der Waals surface area contributed by atoms with E-state index in [9.17, 15) is 0 Å². The molecule has 0 saturated carbocycles. The normalized spacial score (nSPS) is 14.5. The summed E-state index contributed by atoms with van der Waals surface area (Å²) in [6.07, 6.45) is 0. The van der Waals surface area contributed by atoms with Crippen molar-refractivity contribution >= 4 is 5.69 Å². The lowest BCUT2D eigenvalue weighted by Crippen LogP contribution is -2.45. The Bertz CT molecular complexity index is 1110. The number of anilines is 1. The van der Waals surface area contributed by atoms with E-state index in [2.05, 4.69) is 83.4 Å². The minimum absolute atomic E-state index is 0.655. The summed E-state index contributed by atoms with van der Waals surface area (Å²) in [6.45, 7) is 5.91. The van der Waals surface area contributed by atoms with Crippen molar-refractivity contribution in [1.82, 2.24) is 9.80 Å². The van der Waals surface area contributed by atoms with Gasteiger partial charge in [0.1, 0.15) is 0 Å². The van der Waals surface area contributed by atoms with Crippen LogP contribution >= 0.6 is 0 Å².